The summed E-state index contributed by atoms with van der Waals surface area (Å²) in [6.45, 7) is 4.08. The quantitative estimate of drug-likeness (QED) is 0.849. The van der Waals surface area contributed by atoms with Crippen molar-refractivity contribution >= 4 is 12.1 Å². The number of nitrogens with one attached hydrogen (secondary N) is 1. The number of urea groups is 1. The average Bonchev–Trinajstić information content (AvgIpc) is 3.35. The fraction of sp³-hybridized carbons (Fsp3) is 0.368. The molecule has 1 N–H and O–H groups in total. The third-order valence-electron chi connectivity index (χ3n) is 4.22. The lowest BCUT2D eigenvalue weighted by atomic mass is 10.2. The van der Waals surface area contributed by atoms with E-state index in [1.165, 1.54) is 0 Å². The first kappa shape index (κ1) is 16.3. The summed E-state index contributed by atoms with van der Waals surface area (Å²) in [5.41, 5.74) is 2.18. The molecule has 24 heavy (non-hydrogen) atoms. The van der Waals surface area contributed by atoms with Crippen LogP contribution in [0, 0.1) is 0 Å². The summed E-state index contributed by atoms with van der Waals surface area (Å²) in [7, 11) is 0. The van der Waals surface area contributed by atoms with Gasteiger partial charge in [0.15, 0.2) is 0 Å². The molecule has 1 aliphatic rings. The fourth-order valence-electron chi connectivity index (χ4n) is 2.70. The third kappa shape index (κ3) is 4.25. The van der Waals surface area contributed by atoms with Gasteiger partial charge in [-0.2, -0.15) is 0 Å². The van der Waals surface area contributed by atoms with E-state index in [0.29, 0.717) is 19.1 Å². The van der Waals surface area contributed by atoms with Crippen LogP contribution in [0.4, 0.5) is 4.79 Å². The maximum absolute atomic E-state index is 12.5. The predicted molar refractivity (Wildman–Crippen MR) is 95.3 cm³/mol. The van der Waals surface area contributed by atoms with Crippen molar-refractivity contribution in [3.05, 3.63) is 60.2 Å². The molecule has 5 nitrogen and oxygen atoms in total. The molecule has 0 aliphatic heterocycles. The summed E-state index contributed by atoms with van der Waals surface area (Å²) in [6.07, 6.45) is 9.92. The topological polar surface area (TPSA) is 50.2 Å². The van der Waals surface area contributed by atoms with E-state index >= 15 is 0 Å². The normalized spacial score (nSPS) is 14.0. The third-order valence-corrected chi connectivity index (χ3v) is 4.22. The molecule has 2 aromatic rings. The van der Waals surface area contributed by atoms with Gasteiger partial charge in [0, 0.05) is 25.3 Å². The molecule has 3 rings (SSSR count). The first-order valence-electron chi connectivity index (χ1n) is 8.53. The molecule has 1 saturated carbocycles. The number of hydrogen-bond acceptors (Lipinski definition) is 2. The van der Waals surface area contributed by atoms with Crippen LogP contribution in [0.15, 0.2) is 48.9 Å². The minimum absolute atomic E-state index is 0.000866. The largest absolute Gasteiger partial charge is 0.333 e. The van der Waals surface area contributed by atoms with E-state index in [-0.39, 0.29) is 6.03 Å². The van der Waals surface area contributed by atoms with Gasteiger partial charge < -0.3 is 14.8 Å². The molecule has 0 unspecified atom stereocenters. The maximum Gasteiger partial charge on any atom is 0.318 e. The zero-order valence-electron chi connectivity index (χ0n) is 14.1. The molecule has 0 atom stereocenters. The van der Waals surface area contributed by atoms with Crippen molar-refractivity contribution in [3.8, 4) is 0 Å². The van der Waals surface area contributed by atoms with E-state index in [1.54, 1.807) is 12.5 Å². The van der Waals surface area contributed by atoms with Gasteiger partial charge in [-0.1, -0.05) is 42.5 Å². The first-order valence-corrected chi connectivity index (χ1v) is 8.53. The number of rotatable bonds is 7. The van der Waals surface area contributed by atoms with Crippen molar-refractivity contribution in [2.24, 2.45) is 0 Å². The molecule has 1 aromatic heterocycles. The zero-order chi connectivity index (χ0) is 16.8. The summed E-state index contributed by atoms with van der Waals surface area (Å²) in [5.74, 6) is 0. The molecule has 0 bridgehead atoms. The Bertz CT molecular complexity index is 688. The second kappa shape index (κ2) is 7.81. The van der Waals surface area contributed by atoms with Crippen LogP contribution >= 0.6 is 0 Å². The van der Waals surface area contributed by atoms with Gasteiger partial charge >= 0.3 is 6.03 Å². The van der Waals surface area contributed by atoms with Crippen molar-refractivity contribution < 1.29 is 4.79 Å². The molecule has 1 aromatic carbocycles. The van der Waals surface area contributed by atoms with Crippen molar-refractivity contribution in [3.63, 3.8) is 0 Å². The number of nitrogens with zero attached hydrogens (tertiary/aromatic N) is 3. The number of carbonyl (C=O) groups is 1. The highest BCUT2D eigenvalue weighted by atomic mass is 16.2. The van der Waals surface area contributed by atoms with E-state index in [0.717, 1.165) is 30.6 Å². The van der Waals surface area contributed by atoms with Crippen LogP contribution in [0.3, 0.4) is 0 Å². The number of aryl methyl sites for hydroxylation is 1. The first-order chi connectivity index (χ1) is 11.8. The van der Waals surface area contributed by atoms with Crippen LogP contribution in [0.1, 0.15) is 31.0 Å². The molecule has 1 heterocycles. The van der Waals surface area contributed by atoms with Crippen LogP contribution < -0.4 is 5.32 Å². The Kier molecular flexibility index (Phi) is 5.31. The number of amides is 2. The molecule has 5 heteroatoms. The molecule has 1 aliphatic carbocycles. The molecular weight excluding hydrogens is 300 g/mol. The average molecular weight is 324 g/mol. The van der Waals surface area contributed by atoms with E-state index in [4.69, 9.17) is 0 Å². The number of carbonyl (C=O) groups excluding carboxylic acids is 1. The van der Waals surface area contributed by atoms with Crippen LogP contribution in [0.5, 0.6) is 0 Å². The highest BCUT2D eigenvalue weighted by molar-refractivity contribution is 5.75. The Balaban J connectivity index is 1.55. The minimum atomic E-state index is -0.000866. The fourth-order valence-corrected chi connectivity index (χ4v) is 2.70. The van der Waals surface area contributed by atoms with Crippen molar-refractivity contribution in [1.29, 1.82) is 0 Å². The highest BCUT2D eigenvalue weighted by Gasteiger charge is 2.31. The van der Waals surface area contributed by atoms with Gasteiger partial charge in [-0.3, -0.25) is 0 Å². The summed E-state index contributed by atoms with van der Waals surface area (Å²) < 4.78 is 2.04. The standard InChI is InChI=1S/C19H24N4O/c1-2-22-15-20-13-18(22)14-21-19(24)23(17-10-11-17)12-6-9-16-7-4-3-5-8-16/h3-9,13,15,17H,2,10-12,14H2,1H3,(H,21,24)/b9-6+. The SMILES string of the molecule is CCn1cncc1CNC(=O)N(C/C=C/c1ccccc1)C1CC1. The molecular formula is C19H24N4O. The van der Waals surface area contributed by atoms with Gasteiger partial charge in [-0.15, -0.1) is 0 Å². The van der Waals surface area contributed by atoms with Crippen LogP contribution in [0.25, 0.3) is 6.08 Å². The lowest BCUT2D eigenvalue weighted by Crippen LogP contribution is -2.41. The van der Waals surface area contributed by atoms with Gasteiger partial charge in [0.05, 0.1) is 18.6 Å². The molecule has 1 fully saturated rings. The van der Waals surface area contributed by atoms with Gasteiger partial charge in [0.2, 0.25) is 0 Å². The van der Waals surface area contributed by atoms with Crippen LogP contribution in [-0.4, -0.2) is 33.1 Å². The number of benzene rings is 1. The van der Waals surface area contributed by atoms with E-state index in [9.17, 15) is 4.79 Å². The minimum Gasteiger partial charge on any atom is -0.333 e. The van der Waals surface area contributed by atoms with Crippen molar-refractivity contribution in [2.75, 3.05) is 6.54 Å². The lowest BCUT2D eigenvalue weighted by Gasteiger charge is -2.21. The zero-order valence-corrected chi connectivity index (χ0v) is 14.1. The van der Waals surface area contributed by atoms with E-state index in [2.05, 4.69) is 41.5 Å². The molecule has 0 radical (unpaired) electrons. The van der Waals surface area contributed by atoms with Gasteiger partial charge in [-0.05, 0) is 25.3 Å². The van der Waals surface area contributed by atoms with Crippen molar-refractivity contribution in [2.45, 2.75) is 38.9 Å². The monoisotopic (exact) mass is 324 g/mol. The predicted octanol–water partition coefficient (Wildman–Crippen LogP) is 3.29. The molecule has 126 valence electrons. The second-order valence-electron chi connectivity index (χ2n) is 6.03. The molecule has 0 saturated heterocycles. The van der Waals surface area contributed by atoms with Gasteiger partial charge in [0.1, 0.15) is 0 Å². The summed E-state index contributed by atoms with van der Waals surface area (Å²) in [5, 5.41) is 3.02. The Morgan fingerprint density at radius 3 is 2.88 bits per heavy atom. The Morgan fingerprint density at radius 2 is 2.17 bits per heavy atom. The summed E-state index contributed by atoms with van der Waals surface area (Å²) in [4.78, 5) is 18.6. The van der Waals surface area contributed by atoms with Crippen LogP contribution in [-0.2, 0) is 13.1 Å². The number of hydrogen-bond donors (Lipinski definition) is 1. The smallest absolute Gasteiger partial charge is 0.318 e. The Labute approximate surface area is 143 Å². The van der Waals surface area contributed by atoms with Gasteiger partial charge in [-0.25, -0.2) is 9.78 Å². The highest BCUT2D eigenvalue weighted by Crippen LogP contribution is 2.26. The van der Waals surface area contributed by atoms with Gasteiger partial charge in [0.25, 0.3) is 0 Å². The Hall–Kier alpha value is -2.56. The summed E-state index contributed by atoms with van der Waals surface area (Å²) in [6, 6.07) is 10.5. The van der Waals surface area contributed by atoms with Crippen LogP contribution in [0.2, 0.25) is 0 Å². The Morgan fingerprint density at radius 1 is 1.38 bits per heavy atom. The molecule has 0 spiro atoms. The molecule has 2 amide bonds. The summed E-state index contributed by atoms with van der Waals surface area (Å²) >= 11 is 0. The number of aromatic nitrogens is 2. The maximum atomic E-state index is 12.5. The van der Waals surface area contributed by atoms with E-state index in [1.807, 2.05) is 27.7 Å². The van der Waals surface area contributed by atoms with E-state index < -0.39 is 0 Å². The lowest BCUT2D eigenvalue weighted by molar-refractivity contribution is 0.200. The number of imidazole rings is 1. The van der Waals surface area contributed by atoms with Crippen molar-refractivity contribution in [1.82, 2.24) is 19.8 Å². The second-order valence-corrected chi connectivity index (χ2v) is 6.03.